The number of aromatic carboxylic acids is 1. The van der Waals surface area contributed by atoms with Gasteiger partial charge in [-0.2, -0.15) is 0 Å². The molecule has 1 heterocycles. The van der Waals surface area contributed by atoms with E-state index in [-0.39, 0.29) is 5.54 Å². The fraction of sp³-hybridized carbons (Fsp3) is 0.286. The SMILES string of the molecule is CC(C)(NCc1ccc(C(=O)O)cc1)c1nccs1. The number of carboxylic acid groups (broad SMARTS) is 1. The lowest BCUT2D eigenvalue weighted by Crippen LogP contribution is -2.35. The lowest BCUT2D eigenvalue weighted by Gasteiger charge is -2.24. The largest absolute Gasteiger partial charge is 0.478 e. The fourth-order valence-electron chi connectivity index (χ4n) is 1.70. The molecule has 0 saturated heterocycles. The summed E-state index contributed by atoms with van der Waals surface area (Å²) in [6, 6.07) is 6.90. The van der Waals surface area contributed by atoms with Crippen molar-refractivity contribution in [2.45, 2.75) is 25.9 Å². The van der Waals surface area contributed by atoms with Crippen LogP contribution in [-0.4, -0.2) is 16.1 Å². The molecule has 0 aliphatic carbocycles. The Balaban J connectivity index is 2.00. The highest BCUT2D eigenvalue weighted by Crippen LogP contribution is 2.22. The van der Waals surface area contributed by atoms with Gasteiger partial charge in [-0.1, -0.05) is 12.1 Å². The van der Waals surface area contributed by atoms with Gasteiger partial charge in [0.2, 0.25) is 0 Å². The fourth-order valence-corrected chi connectivity index (χ4v) is 2.44. The second kappa shape index (κ2) is 5.50. The minimum absolute atomic E-state index is 0.195. The molecule has 0 spiro atoms. The Morgan fingerprint density at radius 1 is 1.37 bits per heavy atom. The second-order valence-corrected chi connectivity index (χ2v) is 5.71. The number of hydrogen-bond donors (Lipinski definition) is 2. The molecule has 2 N–H and O–H groups in total. The van der Waals surface area contributed by atoms with Gasteiger partial charge >= 0.3 is 5.97 Å². The summed E-state index contributed by atoms with van der Waals surface area (Å²) in [4.78, 5) is 15.1. The average Bonchev–Trinajstić information content (AvgIpc) is 2.91. The van der Waals surface area contributed by atoms with Gasteiger partial charge < -0.3 is 10.4 Å². The molecule has 0 saturated carbocycles. The van der Waals surface area contributed by atoms with E-state index < -0.39 is 5.97 Å². The monoisotopic (exact) mass is 276 g/mol. The number of nitrogens with one attached hydrogen (secondary N) is 1. The van der Waals surface area contributed by atoms with Crippen LogP contribution in [0.25, 0.3) is 0 Å². The van der Waals surface area contributed by atoms with Gasteiger partial charge in [-0.3, -0.25) is 0 Å². The zero-order valence-corrected chi connectivity index (χ0v) is 11.7. The lowest BCUT2D eigenvalue weighted by molar-refractivity contribution is 0.0697. The molecule has 0 bridgehead atoms. The number of carbonyl (C=O) groups is 1. The normalized spacial score (nSPS) is 11.5. The van der Waals surface area contributed by atoms with Crippen LogP contribution in [0.2, 0.25) is 0 Å². The smallest absolute Gasteiger partial charge is 0.335 e. The van der Waals surface area contributed by atoms with Crippen molar-refractivity contribution in [1.29, 1.82) is 0 Å². The van der Waals surface area contributed by atoms with Crippen molar-refractivity contribution in [2.24, 2.45) is 0 Å². The van der Waals surface area contributed by atoms with E-state index >= 15 is 0 Å². The maximum Gasteiger partial charge on any atom is 0.335 e. The Kier molecular flexibility index (Phi) is 3.97. The maximum absolute atomic E-state index is 10.8. The maximum atomic E-state index is 10.8. The van der Waals surface area contributed by atoms with Gasteiger partial charge in [0.25, 0.3) is 0 Å². The molecule has 0 atom stereocenters. The zero-order chi connectivity index (χ0) is 13.9. The average molecular weight is 276 g/mol. The number of benzene rings is 1. The number of nitrogens with zero attached hydrogens (tertiary/aromatic N) is 1. The minimum Gasteiger partial charge on any atom is -0.478 e. The Labute approximate surface area is 116 Å². The van der Waals surface area contributed by atoms with Crippen molar-refractivity contribution in [3.8, 4) is 0 Å². The lowest BCUT2D eigenvalue weighted by atomic mass is 10.1. The van der Waals surface area contributed by atoms with E-state index in [9.17, 15) is 4.79 Å². The van der Waals surface area contributed by atoms with Crippen molar-refractivity contribution in [3.63, 3.8) is 0 Å². The van der Waals surface area contributed by atoms with Crippen molar-refractivity contribution in [1.82, 2.24) is 10.3 Å². The van der Waals surface area contributed by atoms with Gasteiger partial charge in [0, 0.05) is 18.1 Å². The predicted molar refractivity (Wildman–Crippen MR) is 75.4 cm³/mol. The summed E-state index contributed by atoms with van der Waals surface area (Å²) < 4.78 is 0. The van der Waals surface area contributed by atoms with Crippen molar-refractivity contribution in [2.75, 3.05) is 0 Å². The first-order valence-corrected chi connectivity index (χ1v) is 6.84. The molecule has 4 nitrogen and oxygen atoms in total. The van der Waals surface area contributed by atoms with E-state index in [0.29, 0.717) is 12.1 Å². The van der Waals surface area contributed by atoms with Crippen LogP contribution in [0.5, 0.6) is 0 Å². The van der Waals surface area contributed by atoms with Crippen molar-refractivity contribution in [3.05, 3.63) is 52.0 Å². The van der Waals surface area contributed by atoms with Crippen LogP contribution in [0.3, 0.4) is 0 Å². The summed E-state index contributed by atoms with van der Waals surface area (Å²) in [6.45, 7) is 4.83. The number of carboxylic acids is 1. The number of hydrogen-bond acceptors (Lipinski definition) is 4. The first-order chi connectivity index (χ1) is 8.99. The van der Waals surface area contributed by atoms with Crippen LogP contribution in [0.1, 0.15) is 34.8 Å². The van der Waals surface area contributed by atoms with Gasteiger partial charge in [0.1, 0.15) is 5.01 Å². The summed E-state index contributed by atoms with van der Waals surface area (Å²) in [7, 11) is 0. The topological polar surface area (TPSA) is 62.2 Å². The van der Waals surface area contributed by atoms with E-state index in [1.54, 1.807) is 29.7 Å². The molecule has 1 aromatic carbocycles. The molecule has 0 aliphatic rings. The second-order valence-electron chi connectivity index (χ2n) is 4.82. The number of rotatable bonds is 5. The Hall–Kier alpha value is -1.72. The van der Waals surface area contributed by atoms with Crippen LogP contribution in [0, 0.1) is 0 Å². The minimum atomic E-state index is -0.900. The number of thiazole rings is 1. The van der Waals surface area contributed by atoms with Crippen LogP contribution >= 0.6 is 11.3 Å². The Bertz CT molecular complexity index is 547. The van der Waals surface area contributed by atoms with E-state index in [0.717, 1.165) is 10.6 Å². The quantitative estimate of drug-likeness (QED) is 0.881. The first-order valence-electron chi connectivity index (χ1n) is 5.96. The van der Waals surface area contributed by atoms with Crippen LogP contribution in [0.15, 0.2) is 35.8 Å². The highest BCUT2D eigenvalue weighted by atomic mass is 32.1. The molecular weight excluding hydrogens is 260 g/mol. The van der Waals surface area contributed by atoms with Gasteiger partial charge in [-0.05, 0) is 31.5 Å². The van der Waals surface area contributed by atoms with Gasteiger partial charge in [-0.25, -0.2) is 9.78 Å². The highest BCUT2D eigenvalue weighted by molar-refractivity contribution is 7.09. The van der Waals surface area contributed by atoms with E-state index in [2.05, 4.69) is 24.1 Å². The molecule has 0 fully saturated rings. The molecule has 2 rings (SSSR count). The predicted octanol–water partition coefficient (Wildman–Crippen LogP) is 2.87. The Morgan fingerprint density at radius 3 is 2.58 bits per heavy atom. The molecule has 0 unspecified atom stereocenters. The van der Waals surface area contributed by atoms with E-state index in [4.69, 9.17) is 5.11 Å². The van der Waals surface area contributed by atoms with Crippen LogP contribution < -0.4 is 5.32 Å². The molecule has 19 heavy (non-hydrogen) atoms. The van der Waals surface area contributed by atoms with E-state index in [1.807, 2.05) is 17.5 Å². The molecule has 0 aliphatic heterocycles. The van der Waals surface area contributed by atoms with Crippen molar-refractivity contribution < 1.29 is 9.90 Å². The standard InChI is InChI=1S/C14H16N2O2S/c1-14(2,13-15-7-8-19-13)16-9-10-3-5-11(6-4-10)12(17)18/h3-8,16H,9H2,1-2H3,(H,17,18). The third-order valence-electron chi connectivity index (χ3n) is 2.90. The molecule has 100 valence electrons. The zero-order valence-electron chi connectivity index (χ0n) is 10.9. The molecule has 0 amide bonds. The summed E-state index contributed by atoms with van der Waals surface area (Å²) in [5.74, 6) is -0.900. The van der Waals surface area contributed by atoms with E-state index in [1.165, 1.54) is 0 Å². The summed E-state index contributed by atoms with van der Waals surface area (Å²) in [6.07, 6.45) is 1.80. The number of aromatic nitrogens is 1. The van der Waals surface area contributed by atoms with Crippen LogP contribution in [-0.2, 0) is 12.1 Å². The molecule has 2 aromatic rings. The summed E-state index contributed by atoms with van der Waals surface area (Å²) in [5.41, 5.74) is 1.16. The van der Waals surface area contributed by atoms with Gasteiger partial charge in [0.15, 0.2) is 0 Å². The highest BCUT2D eigenvalue weighted by Gasteiger charge is 2.22. The third-order valence-corrected chi connectivity index (χ3v) is 4.00. The van der Waals surface area contributed by atoms with Gasteiger partial charge in [-0.15, -0.1) is 11.3 Å². The molecule has 1 aromatic heterocycles. The van der Waals surface area contributed by atoms with Crippen molar-refractivity contribution >= 4 is 17.3 Å². The summed E-state index contributed by atoms with van der Waals surface area (Å²) >= 11 is 1.62. The van der Waals surface area contributed by atoms with Crippen LogP contribution in [0.4, 0.5) is 0 Å². The van der Waals surface area contributed by atoms with Gasteiger partial charge in [0.05, 0.1) is 11.1 Å². The Morgan fingerprint density at radius 2 is 2.05 bits per heavy atom. The molecule has 5 heteroatoms. The first kappa shape index (κ1) is 13.7. The molecule has 0 radical (unpaired) electrons. The summed E-state index contributed by atoms with van der Waals surface area (Å²) in [5, 5.41) is 15.3. The molecular formula is C14H16N2O2S. The third kappa shape index (κ3) is 3.39.